The number of benzene rings is 1. The van der Waals surface area contributed by atoms with Crippen molar-refractivity contribution in [1.29, 1.82) is 0 Å². The van der Waals surface area contributed by atoms with Gasteiger partial charge in [-0.05, 0) is 35.3 Å². The number of fused-ring (bicyclic) bond motifs is 1. The fourth-order valence-corrected chi connectivity index (χ4v) is 5.40. The molecule has 0 N–H and O–H groups in total. The lowest BCUT2D eigenvalue weighted by atomic mass is 9.95. The van der Waals surface area contributed by atoms with E-state index in [1.165, 1.54) is 12.1 Å². The summed E-state index contributed by atoms with van der Waals surface area (Å²) in [6.45, 7) is 8.42. The first kappa shape index (κ1) is 24.3. The zero-order valence-electron chi connectivity index (χ0n) is 19.3. The van der Waals surface area contributed by atoms with Gasteiger partial charge in [0.25, 0.3) is 5.91 Å². The summed E-state index contributed by atoms with van der Waals surface area (Å²) in [5, 5.41) is -0.171. The normalized spacial score (nSPS) is 23.8. The fourth-order valence-electron chi connectivity index (χ4n) is 4.36. The van der Waals surface area contributed by atoms with Gasteiger partial charge in [0.1, 0.15) is 5.75 Å². The lowest BCUT2D eigenvalue weighted by molar-refractivity contribution is 0.0263. The Balaban J connectivity index is 1.59. The number of likely N-dealkylation sites (tertiary alicyclic amines) is 1. The van der Waals surface area contributed by atoms with Crippen LogP contribution in [-0.4, -0.2) is 87.8 Å². The molecule has 0 spiro atoms. The second-order valence-corrected chi connectivity index (χ2v) is 11.8. The van der Waals surface area contributed by atoms with Crippen LogP contribution in [0.2, 0.25) is 0 Å². The van der Waals surface area contributed by atoms with Crippen molar-refractivity contribution in [1.82, 2.24) is 9.80 Å². The van der Waals surface area contributed by atoms with Crippen molar-refractivity contribution in [2.24, 2.45) is 5.92 Å². The van der Waals surface area contributed by atoms with Gasteiger partial charge < -0.3 is 14.4 Å². The number of hydrogen-bond acceptors (Lipinski definition) is 6. The number of ether oxygens (including phenoxy) is 2. The van der Waals surface area contributed by atoms with Crippen molar-refractivity contribution in [2.75, 3.05) is 52.3 Å². The highest BCUT2D eigenvalue weighted by atomic mass is 35.5. The molecule has 2 heterocycles. The first-order valence-corrected chi connectivity index (χ1v) is 13.6. The van der Waals surface area contributed by atoms with Crippen LogP contribution in [0.15, 0.2) is 46.4 Å². The molecule has 1 aromatic rings. The molecule has 0 aromatic heterocycles. The molecule has 7 nitrogen and oxygen atoms in total. The molecule has 0 saturated carbocycles. The molecule has 1 amide bonds. The summed E-state index contributed by atoms with van der Waals surface area (Å²) in [7, 11) is -3.46. The van der Waals surface area contributed by atoms with Crippen LogP contribution in [0.4, 0.5) is 0 Å². The van der Waals surface area contributed by atoms with E-state index in [-0.39, 0.29) is 33.7 Å². The Morgan fingerprint density at radius 2 is 1.85 bits per heavy atom. The van der Waals surface area contributed by atoms with Crippen LogP contribution >= 0.6 is 11.6 Å². The van der Waals surface area contributed by atoms with Gasteiger partial charge in [0.2, 0.25) is 0 Å². The van der Waals surface area contributed by atoms with Crippen molar-refractivity contribution in [3.05, 3.63) is 47.1 Å². The number of morpholine rings is 1. The molecule has 4 rings (SSSR count). The minimum absolute atomic E-state index is 0.0721. The van der Waals surface area contributed by atoms with Crippen LogP contribution in [0.5, 0.6) is 5.75 Å². The van der Waals surface area contributed by atoms with Crippen LogP contribution in [0.1, 0.15) is 24.2 Å². The Morgan fingerprint density at radius 3 is 2.48 bits per heavy atom. The van der Waals surface area contributed by atoms with Gasteiger partial charge in [-0.15, -0.1) is 11.6 Å². The Kier molecular flexibility index (Phi) is 7.19. The molecule has 3 aliphatic rings. The summed E-state index contributed by atoms with van der Waals surface area (Å²) in [4.78, 5) is 17.7. The molecule has 2 aliphatic heterocycles. The maximum Gasteiger partial charge on any atom is 0.258 e. The van der Waals surface area contributed by atoms with E-state index in [0.717, 1.165) is 30.5 Å². The van der Waals surface area contributed by atoms with Gasteiger partial charge in [-0.1, -0.05) is 26.0 Å². The Labute approximate surface area is 200 Å². The molecule has 2 unspecified atom stereocenters. The van der Waals surface area contributed by atoms with E-state index in [4.69, 9.17) is 21.1 Å². The van der Waals surface area contributed by atoms with E-state index < -0.39 is 9.84 Å². The van der Waals surface area contributed by atoms with E-state index in [9.17, 15) is 13.2 Å². The molecule has 2 atom stereocenters. The zero-order chi connectivity index (χ0) is 23.8. The number of rotatable bonds is 6. The third-order valence-corrected chi connectivity index (χ3v) is 7.62. The molecule has 33 heavy (non-hydrogen) atoms. The Morgan fingerprint density at radius 1 is 1.18 bits per heavy atom. The molecule has 2 saturated heterocycles. The molecule has 0 bridgehead atoms. The molecule has 180 valence electrons. The first-order valence-electron chi connectivity index (χ1n) is 11.3. The summed E-state index contributed by atoms with van der Waals surface area (Å²) in [6.07, 6.45) is 5.36. The molecule has 9 heteroatoms. The molecule has 2 fully saturated rings. The van der Waals surface area contributed by atoms with Crippen molar-refractivity contribution >= 4 is 27.3 Å². The van der Waals surface area contributed by atoms with Gasteiger partial charge in [0, 0.05) is 38.5 Å². The standard InChI is InChI=1S/C24H31ClN2O5S/c1-16(2)15-32-23-5-4-19(33(3,29)30)12-20(23)24(28)27-13-17-10-21(25)22(11-18(17)14-27)26-6-8-31-9-7-26/h4-5,10-12,16,21-22H,6-9,13-15H2,1-3H3. The number of amides is 1. The van der Waals surface area contributed by atoms with Crippen LogP contribution < -0.4 is 4.74 Å². The largest absolute Gasteiger partial charge is 0.492 e. The smallest absolute Gasteiger partial charge is 0.258 e. The van der Waals surface area contributed by atoms with E-state index in [1.54, 1.807) is 11.0 Å². The summed E-state index contributed by atoms with van der Waals surface area (Å²) in [6, 6.07) is 4.57. The van der Waals surface area contributed by atoms with Crippen LogP contribution in [0.25, 0.3) is 0 Å². The maximum absolute atomic E-state index is 13.5. The first-order chi connectivity index (χ1) is 15.6. The predicted molar refractivity (Wildman–Crippen MR) is 128 cm³/mol. The summed E-state index contributed by atoms with van der Waals surface area (Å²) in [5.74, 6) is 0.426. The summed E-state index contributed by atoms with van der Waals surface area (Å²) < 4.78 is 35.6. The molecular weight excluding hydrogens is 464 g/mol. The van der Waals surface area contributed by atoms with Gasteiger partial charge in [0.15, 0.2) is 9.84 Å². The van der Waals surface area contributed by atoms with E-state index in [0.29, 0.717) is 38.7 Å². The summed E-state index contributed by atoms with van der Waals surface area (Å²) in [5.41, 5.74) is 2.42. The third-order valence-electron chi connectivity index (χ3n) is 6.13. The number of alkyl halides is 1. The van der Waals surface area contributed by atoms with E-state index in [1.807, 2.05) is 19.9 Å². The van der Waals surface area contributed by atoms with Crippen LogP contribution in [0, 0.1) is 5.92 Å². The second-order valence-electron chi connectivity index (χ2n) is 9.26. The minimum atomic E-state index is -3.46. The molecule has 0 radical (unpaired) electrons. The van der Waals surface area contributed by atoms with Crippen molar-refractivity contribution in [3.63, 3.8) is 0 Å². The van der Waals surface area contributed by atoms with Gasteiger partial charge in [-0.2, -0.15) is 0 Å². The van der Waals surface area contributed by atoms with E-state index in [2.05, 4.69) is 11.0 Å². The van der Waals surface area contributed by atoms with Gasteiger partial charge in [-0.25, -0.2) is 8.42 Å². The topological polar surface area (TPSA) is 76.2 Å². The van der Waals surface area contributed by atoms with Gasteiger partial charge >= 0.3 is 0 Å². The Hall–Kier alpha value is -1.87. The maximum atomic E-state index is 13.5. The van der Waals surface area contributed by atoms with Gasteiger partial charge in [-0.3, -0.25) is 9.69 Å². The average molecular weight is 495 g/mol. The lowest BCUT2D eigenvalue weighted by Gasteiger charge is -2.36. The highest BCUT2D eigenvalue weighted by Crippen LogP contribution is 2.34. The molecular formula is C24H31ClN2O5S. The second kappa shape index (κ2) is 9.78. The highest BCUT2D eigenvalue weighted by Gasteiger charge is 2.35. The highest BCUT2D eigenvalue weighted by molar-refractivity contribution is 7.90. The minimum Gasteiger partial charge on any atom is -0.492 e. The third kappa shape index (κ3) is 5.45. The SMILES string of the molecule is CC(C)COc1ccc(S(C)(=O)=O)cc1C(=O)N1CC2=CC(Cl)C(N3CCOCC3)C=C2C1. The Bertz CT molecular complexity index is 1080. The van der Waals surface area contributed by atoms with Gasteiger partial charge in [0.05, 0.1) is 35.7 Å². The van der Waals surface area contributed by atoms with Crippen molar-refractivity contribution in [2.45, 2.75) is 30.2 Å². The monoisotopic (exact) mass is 494 g/mol. The number of halogens is 1. The number of sulfone groups is 1. The number of nitrogens with zero attached hydrogens (tertiary/aromatic N) is 2. The van der Waals surface area contributed by atoms with Crippen molar-refractivity contribution in [3.8, 4) is 5.75 Å². The number of hydrogen-bond donors (Lipinski definition) is 0. The summed E-state index contributed by atoms with van der Waals surface area (Å²) >= 11 is 6.70. The molecule has 1 aliphatic carbocycles. The predicted octanol–water partition coefficient (Wildman–Crippen LogP) is 2.76. The quantitative estimate of drug-likeness (QED) is 0.566. The number of carbonyl (C=O) groups is 1. The average Bonchev–Trinajstić information content (AvgIpc) is 3.19. The van der Waals surface area contributed by atoms with E-state index >= 15 is 0 Å². The fraction of sp³-hybridized carbons (Fsp3) is 0.542. The van der Waals surface area contributed by atoms with Crippen molar-refractivity contribution < 1.29 is 22.7 Å². The zero-order valence-corrected chi connectivity index (χ0v) is 20.9. The number of carbonyl (C=O) groups excluding carboxylic acids is 1. The van der Waals surface area contributed by atoms with Crippen LogP contribution in [-0.2, 0) is 14.6 Å². The lowest BCUT2D eigenvalue weighted by Crippen LogP contribution is -2.47. The molecule has 1 aromatic carbocycles. The van der Waals surface area contributed by atoms with Crippen LogP contribution in [0.3, 0.4) is 0 Å².